The van der Waals surface area contributed by atoms with Crippen molar-refractivity contribution in [3.8, 4) is 0 Å². The number of primary amides is 1. The number of carbonyl (C=O) groups is 2. The number of ether oxygens (including phenoxy) is 1. The smallest absolute Gasteiger partial charge is 0.410 e. The highest BCUT2D eigenvalue weighted by Crippen LogP contribution is 2.24. The third-order valence-electron chi connectivity index (χ3n) is 3.64. The summed E-state index contributed by atoms with van der Waals surface area (Å²) in [5.74, 6) is -0.499. The maximum atomic E-state index is 12.5. The lowest BCUT2D eigenvalue weighted by atomic mass is 10.1. The van der Waals surface area contributed by atoms with E-state index in [1.165, 1.54) is 0 Å². The van der Waals surface area contributed by atoms with Crippen LogP contribution in [0.1, 0.15) is 32.0 Å². The van der Waals surface area contributed by atoms with E-state index in [1.54, 1.807) is 29.6 Å². The van der Waals surface area contributed by atoms with Crippen molar-refractivity contribution in [1.29, 1.82) is 0 Å². The molecule has 0 bridgehead atoms. The highest BCUT2D eigenvalue weighted by atomic mass is 16.6. The lowest BCUT2D eigenvalue weighted by Crippen LogP contribution is -2.51. The Bertz CT molecular complexity index is 554. The first-order chi connectivity index (χ1) is 10.3. The third kappa shape index (κ3) is 3.76. The molecule has 2 amide bonds. The maximum Gasteiger partial charge on any atom is 0.410 e. The van der Waals surface area contributed by atoms with E-state index in [4.69, 9.17) is 10.5 Å². The molecule has 0 radical (unpaired) electrons. The monoisotopic (exact) mass is 309 g/mol. The van der Waals surface area contributed by atoms with Crippen molar-refractivity contribution in [2.45, 2.75) is 31.9 Å². The molecule has 0 saturated carbocycles. The fourth-order valence-electron chi connectivity index (χ4n) is 2.65. The Morgan fingerprint density at radius 1 is 1.55 bits per heavy atom. The molecule has 3 N–H and O–H groups in total. The molecule has 1 aliphatic rings. The van der Waals surface area contributed by atoms with Gasteiger partial charge in [0.15, 0.2) is 0 Å². The van der Waals surface area contributed by atoms with E-state index in [-0.39, 0.29) is 12.5 Å². The normalized spacial score (nSPS) is 19.0. The number of rotatable bonds is 4. The second-order valence-electron chi connectivity index (χ2n) is 6.06. The number of carbonyl (C=O) groups excluding carboxylic acids is 2. The van der Waals surface area contributed by atoms with Gasteiger partial charge in [0, 0.05) is 32.9 Å². The summed E-state index contributed by atoms with van der Waals surface area (Å²) in [6, 6.07) is 1.73. The Balaban J connectivity index is 2.12. The zero-order valence-corrected chi connectivity index (χ0v) is 13.2. The molecule has 1 aliphatic heterocycles. The van der Waals surface area contributed by atoms with Gasteiger partial charge in [-0.3, -0.25) is 14.4 Å². The summed E-state index contributed by atoms with van der Waals surface area (Å²) >= 11 is 0. The van der Waals surface area contributed by atoms with E-state index < -0.39 is 17.6 Å². The Kier molecular flexibility index (Phi) is 4.70. The molecule has 22 heavy (non-hydrogen) atoms. The van der Waals surface area contributed by atoms with Gasteiger partial charge in [-0.2, -0.15) is 5.10 Å². The fourth-order valence-corrected chi connectivity index (χ4v) is 2.65. The van der Waals surface area contributed by atoms with Crippen molar-refractivity contribution < 1.29 is 14.3 Å². The van der Waals surface area contributed by atoms with Gasteiger partial charge in [-0.05, 0) is 19.9 Å². The summed E-state index contributed by atoms with van der Waals surface area (Å²) in [5, 5.41) is 7.41. The van der Waals surface area contributed by atoms with Crippen LogP contribution in [-0.4, -0.2) is 51.9 Å². The van der Waals surface area contributed by atoms with E-state index in [1.807, 2.05) is 13.1 Å². The molecular weight excluding hydrogens is 286 g/mol. The van der Waals surface area contributed by atoms with Crippen LogP contribution in [0, 0.1) is 0 Å². The molecule has 8 nitrogen and oxygen atoms in total. The Morgan fingerprint density at radius 3 is 2.86 bits per heavy atom. The summed E-state index contributed by atoms with van der Waals surface area (Å²) in [6.45, 7) is 5.21. The molecule has 8 heteroatoms. The van der Waals surface area contributed by atoms with Crippen LogP contribution >= 0.6 is 0 Å². The van der Waals surface area contributed by atoms with Gasteiger partial charge in [-0.15, -0.1) is 0 Å². The topological polar surface area (TPSA) is 102 Å². The van der Waals surface area contributed by atoms with Gasteiger partial charge in [-0.25, -0.2) is 4.79 Å². The summed E-state index contributed by atoms with van der Waals surface area (Å²) in [5.41, 5.74) is 5.19. The number of aryl methyl sites for hydroxylation is 1. The lowest BCUT2D eigenvalue weighted by Gasteiger charge is -2.37. The van der Waals surface area contributed by atoms with Crippen LogP contribution in [0.15, 0.2) is 12.3 Å². The Morgan fingerprint density at radius 2 is 2.27 bits per heavy atom. The molecule has 2 heterocycles. The zero-order chi connectivity index (χ0) is 16.3. The first kappa shape index (κ1) is 16.3. The molecular formula is C14H23N5O3. The summed E-state index contributed by atoms with van der Waals surface area (Å²) < 4.78 is 7.23. The lowest BCUT2D eigenvalue weighted by molar-refractivity contribution is -0.122. The molecule has 1 aromatic rings. The number of nitrogens with two attached hydrogens (primary N) is 1. The van der Waals surface area contributed by atoms with Gasteiger partial charge in [0.1, 0.15) is 5.60 Å². The van der Waals surface area contributed by atoms with E-state index >= 15 is 0 Å². The molecule has 0 aromatic carbocycles. The van der Waals surface area contributed by atoms with Gasteiger partial charge < -0.3 is 15.8 Å². The minimum absolute atomic E-state index is 0.0127. The first-order valence-corrected chi connectivity index (χ1v) is 7.27. The highest BCUT2D eigenvalue weighted by molar-refractivity contribution is 5.76. The molecule has 1 unspecified atom stereocenters. The third-order valence-corrected chi connectivity index (χ3v) is 3.64. The molecule has 1 saturated heterocycles. The van der Waals surface area contributed by atoms with Crippen LogP contribution in [-0.2, 0) is 16.6 Å². The quantitative estimate of drug-likeness (QED) is 0.824. The SMILES string of the molecule is Cn1nccc1C1CNCCN1C(=O)OC(C)(C)CC(N)=O. The molecule has 0 spiro atoms. The minimum Gasteiger partial charge on any atom is -0.443 e. The predicted octanol–water partition coefficient (Wildman–Crippen LogP) is 0.157. The molecule has 1 fully saturated rings. The fraction of sp³-hybridized carbons (Fsp3) is 0.643. The zero-order valence-electron chi connectivity index (χ0n) is 13.2. The summed E-state index contributed by atoms with van der Waals surface area (Å²) in [7, 11) is 1.84. The van der Waals surface area contributed by atoms with Gasteiger partial charge >= 0.3 is 6.09 Å². The number of hydrogen-bond donors (Lipinski definition) is 2. The van der Waals surface area contributed by atoms with E-state index in [0.29, 0.717) is 19.6 Å². The molecule has 122 valence electrons. The van der Waals surface area contributed by atoms with Crippen molar-refractivity contribution in [1.82, 2.24) is 20.0 Å². The van der Waals surface area contributed by atoms with E-state index in [9.17, 15) is 9.59 Å². The second kappa shape index (κ2) is 6.35. The Hall–Kier alpha value is -2.09. The van der Waals surface area contributed by atoms with Crippen LogP contribution < -0.4 is 11.1 Å². The molecule has 1 atom stereocenters. The summed E-state index contributed by atoms with van der Waals surface area (Å²) in [4.78, 5) is 25.2. The van der Waals surface area contributed by atoms with Crippen molar-refractivity contribution in [3.63, 3.8) is 0 Å². The number of aromatic nitrogens is 2. The minimum atomic E-state index is -0.926. The van der Waals surface area contributed by atoms with Crippen LogP contribution in [0.5, 0.6) is 0 Å². The van der Waals surface area contributed by atoms with Crippen molar-refractivity contribution in [3.05, 3.63) is 18.0 Å². The highest BCUT2D eigenvalue weighted by Gasteiger charge is 2.34. The van der Waals surface area contributed by atoms with Crippen molar-refractivity contribution in [2.24, 2.45) is 12.8 Å². The number of hydrogen-bond acceptors (Lipinski definition) is 5. The summed E-state index contributed by atoms with van der Waals surface area (Å²) in [6.07, 6.45) is 1.24. The first-order valence-electron chi connectivity index (χ1n) is 7.27. The van der Waals surface area contributed by atoms with Crippen LogP contribution in [0.2, 0.25) is 0 Å². The van der Waals surface area contributed by atoms with Crippen molar-refractivity contribution >= 4 is 12.0 Å². The van der Waals surface area contributed by atoms with Gasteiger partial charge in [0.2, 0.25) is 5.91 Å². The van der Waals surface area contributed by atoms with E-state index in [2.05, 4.69) is 10.4 Å². The number of nitrogens with one attached hydrogen (secondary N) is 1. The van der Waals surface area contributed by atoms with Gasteiger partial charge in [-0.1, -0.05) is 0 Å². The van der Waals surface area contributed by atoms with E-state index in [0.717, 1.165) is 5.69 Å². The van der Waals surface area contributed by atoms with Crippen LogP contribution in [0.25, 0.3) is 0 Å². The largest absolute Gasteiger partial charge is 0.443 e. The number of amides is 2. The van der Waals surface area contributed by atoms with Crippen LogP contribution in [0.3, 0.4) is 0 Å². The molecule has 2 rings (SSSR count). The van der Waals surface area contributed by atoms with Crippen LogP contribution in [0.4, 0.5) is 4.79 Å². The molecule has 0 aliphatic carbocycles. The maximum absolute atomic E-state index is 12.5. The molecule has 1 aromatic heterocycles. The van der Waals surface area contributed by atoms with Gasteiger partial charge in [0.25, 0.3) is 0 Å². The number of nitrogens with zero attached hydrogens (tertiary/aromatic N) is 3. The number of piperazine rings is 1. The Labute approximate surface area is 129 Å². The van der Waals surface area contributed by atoms with Crippen molar-refractivity contribution in [2.75, 3.05) is 19.6 Å². The van der Waals surface area contributed by atoms with Gasteiger partial charge in [0.05, 0.1) is 18.2 Å². The standard InChI is InChI=1S/C14H23N5O3/c1-14(2,8-12(15)20)22-13(21)19-7-6-16-9-11(19)10-4-5-17-18(10)3/h4-5,11,16H,6-9H2,1-3H3,(H2,15,20). The average Bonchev–Trinajstić information content (AvgIpc) is 2.82. The average molecular weight is 309 g/mol. The predicted molar refractivity (Wildman–Crippen MR) is 79.9 cm³/mol. The second-order valence-corrected chi connectivity index (χ2v) is 6.06.